The molecule has 0 atom stereocenters. The van der Waals surface area contributed by atoms with Gasteiger partial charge in [0.25, 0.3) is 5.69 Å². The van der Waals surface area contributed by atoms with Crippen molar-refractivity contribution in [3.63, 3.8) is 0 Å². The molecule has 1 aliphatic rings. The van der Waals surface area contributed by atoms with Crippen LogP contribution in [0.5, 0.6) is 0 Å². The summed E-state index contributed by atoms with van der Waals surface area (Å²) in [6.07, 6.45) is 1.66. The normalized spacial score (nSPS) is 17.9. The van der Waals surface area contributed by atoms with Crippen molar-refractivity contribution in [1.82, 2.24) is 0 Å². The van der Waals surface area contributed by atoms with Crippen LogP contribution in [0.3, 0.4) is 0 Å². The summed E-state index contributed by atoms with van der Waals surface area (Å²) in [7, 11) is 0. The summed E-state index contributed by atoms with van der Waals surface area (Å²) >= 11 is 3.21. The first-order valence-corrected chi connectivity index (χ1v) is 5.05. The molecule has 2 N–H and O–H groups in total. The standard InChI is InChI=1S/C9H9BrN2O2/c10-6-1-2-7(9(11)3-4-9)8(5-6)12(13)14/h1-2,5H,3-4,11H2. The number of nitrogens with zero attached hydrogens (tertiary/aromatic N) is 1. The first-order chi connectivity index (χ1) is 6.53. The summed E-state index contributed by atoms with van der Waals surface area (Å²) in [6, 6.07) is 5.02. The van der Waals surface area contributed by atoms with E-state index in [-0.39, 0.29) is 10.6 Å². The van der Waals surface area contributed by atoms with E-state index in [0.29, 0.717) is 10.0 Å². The maximum Gasteiger partial charge on any atom is 0.275 e. The van der Waals surface area contributed by atoms with Gasteiger partial charge in [0.2, 0.25) is 0 Å². The van der Waals surface area contributed by atoms with Gasteiger partial charge in [-0.2, -0.15) is 0 Å². The van der Waals surface area contributed by atoms with E-state index in [9.17, 15) is 10.1 Å². The third kappa shape index (κ3) is 1.53. The minimum atomic E-state index is -0.455. The van der Waals surface area contributed by atoms with Crippen LogP contribution < -0.4 is 5.73 Å². The van der Waals surface area contributed by atoms with Gasteiger partial charge in [-0.15, -0.1) is 0 Å². The highest BCUT2D eigenvalue weighted by Crippen LogP contribution is 2.46. The van der Waals surface area contributed by atoms with Crippen molar-refractivity contribution in [3.8, 4) is 0 Å². The van der Waals surface area contributed by atoms with Crippen LogP contribution in [-0.2, 0) is 5.54 Å². The number of rotatable bonds is 2. The van der Waals surface area contributed by atoms with Gasteiger partial charge in [0.15, 0.2) is 0 Å². The monoisotopic (exact) mass is 256 g/mol. The minimum Gasteiger partial charge on any atom is -0.321 e. The van der Waals surface area contributed by atoms with Gasteiger partial charge in [-0.25, -0.2) is 0 Å². The topological polar surface area (TPSA) is 69.2 Å². The van der Waals surface area contributed by atoms with Crippen molar-refractivity contribution in [2.24, 2.45) is 5.73 Å². The first-order valence-electron chi connectivity index (χ1n) is 4.26. The lowest BCUT2D eigenvalue weighted by atomic mass is 10.0. The van der Waals surface area contributed by atoms with E-state index in [4.69, 9.17) is 5.73 Å². The number of nitrogens with two attached hydrogens (primary N) is 1. The SMILES string of the molecule is NC1(c2ccc(Br)cc2[N+](=O)[O-])CC1. The number of hydrogen-bond acceptors (Lipinski definition) is 3. The van der Waals surface area contributed by atoms with Gasteiger partial charge in [0.1, 0.15) is 0 Å². The molecular weight excluding hydrogens is 248 g/mol. The Hall–Kier alpha value is -0.940. The van der Waals surface area contributed by atoms with Crippen LogP contribution in [0, 0.1) is 10.1 Å². The predicted molar refractivity (Wildman–Crippen MR) is 55.9 cm³/mol. The van der Waals surface area contributed by atoms with Crippen LogP contribution in [0.15, 0.2) is 22.7 Å². The molecule has 1 saturated carbocycles. The molecule has 1 aromatic rings. The second kappa shape index (κ2) is 3.03. The highest BCUT2D eigenvalue weighted by atomic mass is 79.9. The Kier molecular flexibility index (Phi) is 2.08. The number of nitro groups is 1. The molecule has 0 saturated heterocycles. The lowest BCUT2D eigenvalue weighted by Gasteiger charge is -2.09. The summed E-state index contributed by atoms with van der Waals surface area (Å²) in [5.74, 6) is 0. The van der Waals surface area contributed by atoms with Gasteiger partial charge in [-0.05, 0) is 25.0 Å². The Balaban J connectivity index is 2.54. The minimum absolute atomic E-state index is 0.111. The van der Waals surface area contributed by atoms with Crippen LogP contribution in [0.25, 0.3) is 0 Å². The molecule has 0 aromatic heterocycles. The smallest absolute Gasteiger partial charge is 0.275 e. The van der Waals surface area contributed by atoms with E-state index in [1.165, 1.54) is 6.07 Å². The summed E-state index contributed by atoms with van der Waals surface area (Å²) in [5.41, 5.74) is 6.24. The van der Waals surface area contributed by atoms with E-state index in [1.54, 1.807) is 12.1 Å². The van der Waals surface area contributed by atoms with E-state index >= 15 is 0 Å². The molecule has 1 fully saturated rings. The number of halogens is 1. The van der Waals surface area contributed by atoms with E-state index in [0.717, 1.165) is 12.8 Å². The zero-order valence-corrected chi connectivity index (χ0v) is 8.95. The first kappa shape index (κ1) is 9.61. The van der Waals surface area contributed by atoms with Crippen LogP contribution in [0.4, 0.5) is 5.69 Å². The van der Waals surface area contributed by atoms with E-state index in [2.05, 4.69) is 15.9 Å². The van der Waals surface area contributed by atoms with Gasteiger partial charge in [0.05, 0.1) is 4.92 Å². The predicted octanol–water partition coefficient (Wildman–Crippen LogP) is 2.31. The molecule has 0 aliphatic heterocycles. The van der Waals surface area contributed by atoms with Gasteiger partial charge >= 0.3 is 0 Å². The lowest BCUT2D eigenvalue weighted by molar-refractivity contribution is -0.385. The van der Waals surface area contributed by atoms with E-state index < -0.39 is 5.54 Å². The molecule has 2 rings (SSSR count). The van der Waals surface area contributed by atoms with Crippen molar-refractivity contribution in [2.45, 2.75) is 18.4 Å². The zero-order valence-electron chi connectivity index (χ0n) is 7.37. The summed E-state index contributed by atoms with van der Waals surface area (Å²) in [5, 5.41) is 10.8. The Bertz CT molecular complexity index is 402. The van der Waals surface area contributed by atoms with Gasteiger partial charge < -0.3 is 5.73 Å². The highest BCUT2D eigenvalue weighted by Gasteiger charge is 2.44. The molecule has 1 aliphatic carbocycles. The van der Waals surface area contributed by atoms with Crippen molar-refractivity contribution in [1.29, 1.82) is 0 Å². The van der Waals surface area contributed by atoms with Gasteiger partial charge in [-0.1, -0.05) is 15.9 Å². The van der Waals surface area contributed by atoms with Gasteiger partial charge in [0, 0.05) is 21.6 Å². The largest absolute Gasteiger partial charge is 0.321 e. The maximum absolute atomic E-state index is 10.8. The second-order valence-corrected chi connectivity index (χ2v) is 4.49. The fraction of sp³-hybridized carbons (Fsp3) is 0.333. The summed E-state index contributed by atoms with van der Waals surface area (Å²) in [4.78, 5) is 10.4. The molecule has 5 heteroatoms. The second-order valence-electron chi connectivity index (χ2n) is 3.57. The molecule has 1 aromatic carbocycles. The quantitative estimate of drug-likeness (QED) is 0.652. The Labute approximate surface area is 89.4 Å². The van der Waals surface area contributed by atoms with Gasteiger partial charge in [-0.3, -0.25) is 10.1 Å². The summed E-state index contributed by atoms with van der Waals surface area (Å²) < 4.78 is 0.706. The van der Waals surface area contributed by atoms with Crippen molar-refractivity contribution < 1.29 is 4.92 Å². The molecule has 0 heterocycles. The van der Waals surface area contributed by atoms with E-state index in [1.807, 2.05) is 0 Å². The average Bonchev–Trinajstić information content (AvgIpc) is 2.84. The number of benzene rings is 1. The molecule has 14 heavy (non-hydrogen) atoms. The Morgan fingerprint density at radius 1 is 1.50 bits per heavy atom. The number of hydrogen-bond donors (Lipinski definition) is 1. The molecule has 4 nitrogen and oxygen atoms in total. The average molecular weight is 257 g/mol. The van der Waals surface area contributed by atoms with Crippen LogP contribution in [-0.4, -0.2) is 4.92 Å². The summed E-state index contributed by atoms with van der Waals surface area (Å²) in [6.45, 7) is 0. The Morgan fingerprint density at radius 2 is 2.14 bits per heavy atom. The van der Waals surface area contributed by atoms with Crippen LogP contribution in [0.1, 0.15) is 18.4 Å². The molecule has 0 bridgehead atoms. The molecule has 74 valence electrons. The maximum atomic E-state index is 10.8. The van der Waals surface area contributed by atoms with Crippen LogP contribution in [0.2, 0.25) is 0 Å². The molecule has 0 spiro atoms. The third-order valence-corrected chi connectivity index (χ3v) is 2.97. The highest BCUT2D eigenvalue weighted by molar-refractivity contribution is 9.10. The van der Waals surface area contributed by atoms with Crippen molar-refractivity contribution in [3.05, 3.63) is 38.3 Å². The molecule has 0 unspecified atom stereocenters. The third-order valence-electron chi connectivity index (χ3n) is 2.48. The molecule has 0 radical (unpaired) electrons. The molecule has 0 amide bonds. The van der Waals surface area contributed by atoms with Crippen molar-refractivity contribution in [2.75, 3.05) is 0 Å². The lowest BCUT2D eigenvalue weighted by Crippen LogP contribution is -2.20. The molecular formula is C9H9BrN2O2. The van der Waals surface area contributed by atoms with Crippen molar-refractivity contribution >= 4 is 21.6 Å². The van der Waals surface area contributed by atoms with Crippen LogP contribution >= 0.6 is 15.9 Å². The zero-order chi connectivity index (χ0) is 10.3. The number of nitro benzene ring substituents is 1. The Morgan fingerprint density at radius 3 is 2.64 bits per heavy atom. The fourth-order valence-electron chi connectivity index (χ4n) is 1.48. The fourth-order valence-corrected chi connectivity index (χ4v) is 1.83.